The Kier molecular flexibility index (Phi) is 5.41. The van der Waals surface area contributed by atoms with E-state index in [0.29, 0.717) is 13.0 Å². The van der Waals surface area contributed by atoms with Gasteiger partial charge in [-0.3, -0.25) is 4.79 Å². The standard InChI is InChI=1S/C18H24N6O3S/c1-11-5-6-24(28(26,27)15(7-19)13(3)25)9-14(11)23(4)18-16-12(2)8-20-17(16)21-10-22-18/h8,10-11,14-15H,5-6,9H2,1-4H3,(H,20,21,22)/t11-,14+,15?/m1/s1. The molecule has 1 N–H and O–H groups in total. The molecule has 0 aromatic carbocycles. The number of carbonyl (C=O) groups excluding carboxylic acids is 1. The molecule has 0 bridgehead atoms. The van der Waals surface area contributed by atoms with Crippen molar-refractivity contribution < 1.29 is 13.2 Å². The molecule has 0 saturated carbocycles. The molecule has 1 fully saturated rings. The second kappa shape index (κ2) is 7.48. The Bertz CT molecular complexity index is 1040. The number of H-pyrrole nitrogens is 1. The normalized spacial score (nSPS) is 22.0. The molecule has 28 heavy (non-hydrogen) atoms. The van der Waals surface area contributed by atoms with Crippen LogP contribution in [-0.2, 0) is 14.8 Å². The van der Waals surface area contributed by atoms with Crippen LogP contribution in [0, 0.1) is 24.2 Å². The summed E-state index contributed by atoms with van der Waals surface area (Å²) < 4.78 is 26.9. The monoisotopic (exact) mass is 404 g/mol. The lowest BCUT2D eigenvalue weighted by atomic mass is 9.93. The Hall–Kier alpha value is -2.51. The number of hydrogen-bond donors (Lipinski definition) is 1. The van der Waals surface area contributed by atoms with Crippen molar-refractivity contribution in [1.82, 2.24) is 19.3 Å². The third-order valence-electron chi connectivity index (χ3n) is 5.50. The van der Waals surface area contributed by atoms with Crippen molar-refractivity contribution in [2.24, 2.45) is 5.92 Å². The molecule has 1 aliphatic rings. The van der Waals surface area contributed by atoms with Crippen LogP contribution < -0.4 is 4.90 Å². The Labute approximate surface area is 164 Å². The minimum Gasteiger partial charge on any atom is -0.354 e. The zero-order chi connectivity index (χ0) is 20.6. The van der Waals surface area contributed by atoms with E-state index in [-0.39, 0.29) is 18.5 Å². The summed E-state index contributed by atoms with van der Waals surface area (Å²) >= 11 is 0. The molecule has 0 radical (unpaired) electrons. The zero-order valence-electron chi connectivity index (χ0n) is 16.4. The first-order valence-electron chi connectivity index (χ1n) is 9.09. The second-order valence-electron chi connectivity index (χ2n) is 7.36. The van der Waals surface area contributed by atoms with Crippen LogP contribution in [0.3, 0.4) is 0 Å². The highest BCUT2D eigenvalue weighted by Crippen LogP contribution is 2.31. The van der Waals surface area contributed by atoms with Crippen molar-refractivity contribution in [1.29, 1.82) is 5.26 Å². The van der Waals surface area contributed by atoms with Crippen molar-refractivity contribution in [3.63, 3.8) is 0 Å². The number of nitrogens with one attached hydrogen (secondary N) is 1. The lowest BCUT2D eigenvalue weighted by Crippen LogP contribution is -2.55. The number of ketones is 1. The third kappa shape index (κ3) is 3.36. The number of piperidine rings is 1. The van der Waals surface area contributed by atoms with Gasteiger partial charge in [0, 0.05) is 32.4 Å². The van der Waals surface area contributed by atoms with Gasteiger partial charge < -0.3 is 9.88 Å². The van der Waals surface area contributed by atoms with E-state index >= 15 is 0 Å². The first-order valence-corrected chi connectivity index (χ1v) is 10.6. The lowest BCUT2D eigenvalue weighted by Gasteiger charge is -2.41. The molecule has 0 amide bonds. The zero-order valence-corrected chi connectivity index (χ0v) is 17.2. The van der Waals surface area contributed by atoms with E-state index in [1.807, 2.05) is 25.1 Å². The number of carbonyl (C=O) groups is 1. The number of aryl methyl sites for hydroxylation is 1. The molecule has 0 spiro atoms. The van der Waals surface area contributed by atoms with Gasteiger partial charge in [0.1, 0.15) is 17.8 Å². The Morgan fingerprint density at radius 2 is 2.18 bits per heavy atom. The van der Waals surface area contributed by atoms with Crippen LogP contribution in [0.5, 0.6) is 0 Å². The van der Waals surface area contributed by atoms with Gasteiger partial charge >= 0.3 is 0 Å². The molecule has 2 aromatic heterocycles. The molecule has 10 heteroatoms. The van der Waals surface area contributed by atoms with Gasteiger partial charge in [-0.25, -0.2) is 18.4 Å². The Morgan fingerprint density at radius 3 is 2.82 bits per heavy atom. The van der Waals surface area contributed by atoms with Crippen molar-refractivity contribution in [3.8, 4) is 6.07 Å². The van der Waals surface area contributed by atoms with Gasteiger partial charge in [-0.2, -0.15) is 9.57 Å². The molecule has 1 saturated heterocycles. The smallest absolute Gasteiger partial charge is 0.237 e. The topological polar surface area (TPSA) is 123 Å². The highest BCUT2D eigenvalue weighted by Gasteiger charge is 2.41. The number of aromatic amines is 1. The maximum atomic E-state index is 12.8. The van der Waals surface area contributed by atoms with Crippen molar-refractivity contribution >= 4 is 32.7 Å². The summed E-state index contributed by atoms with van der Waals surface area (Å²) in [7, 11) is -2.14. The van der Waals surface area contributed by atoms with Gasteiger partial charge in [-0.15, -0.1) is 0 Å². The molecule has 150 valence electrons. The summed E-state index contributed by atoms with van der Waals surface area (Å²) in [5.74, 6) is 0.272. The van der Waals surface area contributed by atoms with Gasteiger partial charge in [-0.05, 0) is 31.7 Å². The minimum absolute atomic E-state index is 0.151. The van der Waals surface area contributed by atoms with E-state index in [0.717, 1.165) is 29.3 Å². The first-order chi connectivity index (χ1) is 13.2. The maximum absolute atomic E-state index is 12.8. The van der Waals surface area contributed by atoms with Crippen molar-refractivity contribution in [2.75, 3.05) is 25.0 Å². The van der Waals surface area contributed by atoms with Gasteiger partial charge in [0.15, 0.2) is 5.78 Å². The van der Waals surface area contributed by atoms with Crippen LogP contribution in [0.4, 0.5) is 5.82 Å². The average Bonchev–Trinajstić information content (AvgIpc) is 3.02. The number of fused-ring (bicyclic) bond motifs is 1. The third-order valence-corrected chi connectivity index (χ3v) is 7.59. The number of Topliss-reactive ketones (excluding diaryl/α,β-unsaturated/α-hetero) is 1. The highest BCUT2D eigenvalue weighted by atomic mass is 32.2. The molecule has 2 aromatic rings. The van der Waals surface area contributed by atoms with Crippen LogP contribution in [0.1, 0.15) is 25.8 Å². The number of aromatic nitrogens is 3. The SMILES string of the molecule is CC(=O)C(C#N)S(=O)(=O)N1CC[C@@H](C)[C@@H](N(C)c2ncnc3[nH]cc(C)c23)C1. The van der Waals surface area contributed by atoms with E-state index < -0.39 is 21.1 Å². The van der Waals surface area contributed by atoms with Crippen LogP contribution in [0.25, 0.3) is 11.0 Å². The number of nitriles is 1. The number of hydrogen-bond acceptors (Lipinski definition) is 7. The number of sulfonamides is 1. The number of nitrogens with zero attached hydrogens (tertiary/aromatic N) is 5. The first kappa shape index (κ1) is 20.2. The van der Waals surface area contributed by atoms with Crippen LogP contribution in [0.2, 0.25) is 0 Å². The van der Waals surface area contributed by atoms with Crippen molar-refractivity contribution in [3.05, 3.63) is 18.1 Å². The summed E-state index contributed by atoms with van der Waals surface area (Å²) in [4.78, 5) is 25.4. The fourth-order valence-electron chi connectivity index (χ4n) is 3.79. The molecule has 3 heterocycles. The summed E-state index contributed by atoms with van der Waals surface area (Å²) in [6.07, 6.45) is 3.97. The summed E-state index contributed by atoms with van der Waals surface area (Å²) in [5, 5.41) is 8.42. The highest BCUT2D eigenvalue weighted by molar-refractivity contribution is 7.90. The largest absolute Gasteiger partial charge is 0.354 e. The predicted molar refractivity (Wildman–Crippen MR) is 105 cm³/mol. The molecular formula is C18H24N6O3S. The quantitative estimate of drug-likeness (QED) is 0.795. The number of anilines is 1. The Balaban J connectivity index is 1.94. The summed E-state index contributed by atoms with van der Waals surface area (Å²) in [6.45, 7) is 5.65. The van der Waals surface area contributed by atoms with Gasteiger partial charge in [0.05, 0.1) is 11.5 Å². The molecular weight excluding hydrogens is 380 g/mol. The van der Waals surface area contributed by atoms with Gasteiger partial charge in [0.2, 0.25) is 15.3 Å². The van der Waals surface area contributed by atoms with E-state index in [1.54, 1.807) is 6.07 Å². The van der Waals surface area contributed by atoms with E-state index in [1.165, 1.54) is 10.6 Å². The molecule has 0 aliphatic carbocycles. The summed E-state index contributed by atoms with van der Waals surface area (Å²) in [5.41, 5.74) is 1.73. The van der Waals surface area contributed by atoms with E-state index in [2.05, 4.69) is 21.9 Å². The predicted octanol–water partition coefficient (Wildman–Crippen LogP) is 1.22. The average molecular weight is 404 g/mol. The summed E-state index contributed by atoms with van der Waals surface area (Å²) in [6, 6.07) is 1.49. The molecule has 3 rings (SSSR count). The van der Waals surface area contributed by atoms with Crippen LogP contribution in [-0.4, -0.2) is 64.9 Å². The number of rotatable bonds is 5. The minimum atomic E-state index is -4.03. The van der Waals surface area contributed by atoms with Crippen molar-refractivity contribution in [2.45, 2.75) is 38.5 Å². The van der Waals surface area contributed by atoms with Gasteiger partial charge in [-0.1, -0.05) is 6.92 Å². The fraction of sp³-hybridized carbons (Fsp3) is 0.556. The molecule has 1 unspecified atom stereocenters. The van der Waals surface area contributed by atoms with E-state index in [9.17, 15) is 18.5 Å². The second-order valence-corrected chi connectivity index (χ2v) is 9.38. The molecule has 9 nitrogen and oxygen atoms in total. The van der Waals surface area contributed by atoms with Crippen LogP contribution in [0.15, 0.2) is 12.5 Å². The molecule has 3 atom stereocenters. The van der Waals surface area contributed by atoms with E-state index in [4.69, 9.17) is 0 Å². The van der Waals surface area contributed by atoms with Gasteiger partial charge in [0.25, 0.3) is 0 Å². The van der Waals surface area contributed by atoms with Crippen LogP contribution >= 0.6 is 0 Å². The Morgan fingerprint density at radius 1 is 1.46 bits per heavy atom. The molecule has 1 aliphatic heterocycles. The number of likely N-dealkylation sites (N-methyl/N-ethyl adjacent to an activating group) is 1. The maximum Gasteiger partial charge on any atom is 0.237 e. The fourth-order valence-corrected chi connectivity index (χ4v) is 5.36. The lowest BCUT2D eigenvalue weighted by molar-refractivity contribution is -0.115.